The van der Waals surface area contributed by atoms with Gasteiger partial charge in [0.2, 0.25) is 0 Å². The van der Waals surface area contributed by atoms with Gasteiger partial charge in [-0.05, 0) is 48.5 Å². The van der Waals surface area contributed by atoms with Crippen molar-refractivity contribution in [3.63, 3.8) is 0 Å². The maximum absolute atomic E-state index is 12.3. The van der Waals surface area contributed by atoms with Gasteiger partial charge in [-0.25, -0.2) is 0 Å². The molecule has 25 heavy (non-hydrogen) atoms. The molecule has 0 N–H and O–H groups in total. The number of furan rings is 1. The fourth-order valence-corrected chi connectivity index (χ4v) is 3.75. The van der Waals surface area contributed by atoms with Gasteiger partial charge in [0.1, 0.15) is 11.5 Å². The third-order valence-electron chi connectivity index (χ3n) is 3.71. The lowest BCUT2D eigenvalue weighted by atomic mass is 10.2. The second-order valence-corrected chi connectivity index (χ2v) is 7.35. The lowest BCUT2D eigenvalue weighted by molar-refractivity contribution is -0.122. The number of carbonyl (C=O) groups is 2. The Morgan fingerprint density at radius 2 is 2.00 bits per heavy atom. The van der Waals surface area contributed by atoms with Gasteiger partial charge in [-0.1, -0.05) is 36.5 Å². The first-order valence-electron chi connectivity index (χ1n) is 7.80. The highest BCUT2D eigenvalue weighted by Gasteiger charge is 2.34. The SMILES string of the molecule is CCCCN1C(=O)S/C(=C\c2ccc(-c3ccc(Cl)cc3Cl)o2)C1=O. The molecule has 1 saturated heterocycles. The molecule has 0 spiro atoms. The van der Waals surface area contributed by atoms with E-state index in [1.54, 1.807) is 36.4 Å². The van der Waals surface area contributed by atoms with Crippen LogP contribution < -0.4 is 0 Å². The molecule has 0 saturated carbocycles. The molecule has 4 nitrogen and oxygen atoms in total. The highest BCUT2D eigenvalue weighted by molar-refractivity contribution is 8.18. The van der Waals surface area contributed by atoms with Gasteiger partial charge in [0.25, 0.3) is 11.1 Å². The van der Waals surface area contributed by atoms with Gasteiger partial charge in [-0.3, -0.25) is 14.5 Å². The molecule has 2 aromatic rings. The third kappa shape index (κ3) is 3.94. The summed E-state index contributed by atoms with van der Waals surface area (Å²) in [7, 11) is 0. The Balaban J connectivity index is 1.82. The van der Waals surface area contributed by atoms with E-state index in [1.165, 1.54) is 4.90 Å². The fraction of sp³-hybridized carbons (Fsp3) is 0.222. The van der Waals surface area contributed by atoms with Crippen LogP contribution in [0.3, 0.4) is 0 Å². The molecular formula is C18H15Cl2NO3S. The molecule has 3 rings (SSSR count). The van der Waals surface area contributed by atoms with Gasteiger partial charge in [0.05, 0.1) is 9.93 Å². The molecule has 0 aliphatic carbocycles. The summed E-state index contributed by atoms with van der Waals surface area (Å²) in [6.07, 6.45) is 3.31. The van der Waals surface area contributed by atoms with Crippen molar-refractivity contribution in [2.45, 2.75) is 19.8 Å². The highest BCUT2D eigenvalue weighted by atomic mass is 35.5. The number of benzene rings is 1. The Hall–Kier alpha value is -1.69. The number of rotatable bonds is 5. The zero-order valence-corrected chi connectivity index (χ0v) is 15.7. The summed E-state index contributed by atoms with van der Waals surface area (Å²) in [6, 6.07) is 8.64. The Kier molecular flexibility index (Phi) is 5.57. The number of amides is 2. The van der Waals surface area contributed by atoms with E-state index >= 15 is 0 Å². The monoisotopic (exact) mass is 395 g/mol. The molecular weight excluding hydrogens is 381 g/mol. The molecule has 0 bridgehead atoms. The largest absolute Gasteiger partial charge is 0.457 e. The zero-order valence-electron chi connectivity index (χ0n) is 13.4. The third-order valence-corrected chi connectivity index (χ3v) is 5.16. The summed E-state index contributed by atoms with van der Waals surface area (Å²) in [5.41, 5.74) is 0.710. The van der Waals surface area contributed by atoms with E-state index in [4.69, 9.17) is 27.6 Å². The molecule has 1 aliphatic heterocycles. The molecule has 1 fully saturated rings. The molecule has 0 unspecified atom stereocenters. The molecule has 2 amide bonds. The molecule has 1 aromatic carbocycles. The van der Waals surface area contributed by atoms with Crippen molar-refractivity contribution >= 4 is 52.2 Å². The number of imide groups is 1. The Morgan fingerprint density at radius 1 is 1.20 bits per heavy atom. The highest BCUT2D eigenvalue weighted by Crippen LogP contribution is 2.35. The fourth-order valence-electron chi connectivity index (χ4n) is 2.40. The average Bonchev–Trinajstić information content (AvgIpc) is 3.12. The predicted molar refractivity (Wildman–Crippen MR) is 102 cm³/mol. The van der Waals surface area contributed by atoms with Crippen molar-refractivity contribution < 1.29 is 14.0 Å². The topological polar surface area (TPSA) is 50.5 Å². The lowest BCUT2D eigenvalue weighted by Crippen LogP contribution is -2.29. The number of nitrogens with zero attached hydrogens (tertiary/aromatic N) is 1. The first kappa shape index (κ1) is 18.1. The first-order chi connectivity index (χ1) is 12.0. The van der Waals surface area contributed by atoms with Crippen molar-refractivity contribution in [3.05, 3.63) is 51.0 Å². The normalized spacial score (nSPS) is 16.3. The second kappa shape index (κ2) is 7.68. The Bertz CT molecular complexity index is 860. The van der Waals surface area contributed by atoms with Crippen LogP contribution in [0, 0.1) is 0 Å². The van der Waals surface area contributed by atoms with Gasteiger partial charge in [-0.2, -0.15) is 0 Å². The average molecular weight is 396 g/mol. The van der Waals surface area contributed by atoms with Crippen molar-refractivity contribution in [2.75, 3.05) is 6.54 Å². The second-order valence-electron chi connectivity index (χ2n) is 5.51. The summed E-state index contributed by atoms with van der Waals surface area (Å²) in [5, 5.41) is 0.784. The standard InChI is InChI=1S/C18H15Cl2NO3S/c1-2-3-8-21-17(22)16(25-18(21)23)10-12-5-7-15(24-12)13-6-4-11(19)9-14(13)20/h4-7,9-10H,2-3,8H2,1H3/b16-10-. The van der Waals surface area contributed by atoms with E-state index in [-0.39, 0.29) is 11.1 Å². The Labute approximate surface area is 159 Å². The number of unbranched alkanes of at least 4 members (excludes halogenated alkanes) is 1. The van der Waals surface area contributed by atoms with E-state index in [0.717, 1.165) is 24.6 Å². The van der Waals surface area contributed by atoms with Crippen LogP contribution >= 0.6 is 35.0 Å². The molecule has 2 heterocycles. The van der Waals surface area contributed by atoms with Crippen LogP contribution in [-0.4, -0.2) is 22.6 Å². The van der Waals surface area contributed by atoms with Gasteiger partial charge < -0.3 is 4.42 Å². The van der Waals surface area contributed by atoms with Crippen molar-refractivity contribution in [2.24, 2.45) is 0 Å². The smallest absolute Gasteiger partial charge is 0.293 e. The van der Waals surface area contributed by atoms with Crippen LogP contribution in [0.1, 0.15) is 25.5 Å². The summed E-state index contributed by atoms with van der Waals surface area (Å²) < 4.78 is 5.75. The molecule has 1 aliphatic rings. The summed E-state index contributed by atoms with van der Waals surface area (Å²) >= 11 is 13.0. The molecule has 0 radical (unpaired) electrons. The number of halogens is 2. The van der Waals surface area contributed by atoms with Gasteiger partial charge in [-0.15, -0.1) is 0 Å². The maximum atomic E-state index is 12.3. The quantitative estimate of drug-likeness (QED) is 0.574. The maximum Gasteiger partial charge on any atom is 0.293 e. The van der Waals surface area contributed by atoms with E-state index in [0.29, 0.717) is 38.6 Å². The minimum absolute atomic E-state index is 0.239. The van der Waals surface area contributed by atoms with Crippen molar-refractivity contribution in [1.82, 2.24) is 4.90 Å². The van der Waals surface area contributed by atoms with Crippen LogP contribution in [0.5, 0.6) is 0 Å². The summed E-state index contributed by atoms with van der Waals surface area (Å²) in [6.45, 7) is 2.46. The number of carbonyl (C=O) groups excluding carboxylic acids is 2. The van der Waals surface area contributed by atoms with Crippen LogP contribution in [0.2, 0.25) is 10.0 Å². The number of thioether (sulfide) groups is 1. The zero-order chi connectivity index (χ0) is 18.0. The van der Waals surface area contributed by atoms with E-state index in [9.17, 15) is 9.59 Å². The summed E-state index contributed by atoms with van der Waals surface area (Å²) in [5.74, 6) is 0.783. The first-order valence-corrected chi connectivity index (χ1v) is 9.37. The Morgan fingerprint density at radius 3 is 2.72 bits per heavy atom. The minimum Gasteiger partial charge on any atom is -0.457 e. The van der Waals surface area contributed by atoms with Crippen LogP contribution in [0.25, 0.3) is 17.4 Å². The van der Waals surface area contributed by atoms with Crippen LogP contribution in [-0.2, 0) is 4.79 Å². The van der Waals surface area contributed by atoms with Gasteiger partial charge in [0, 0.05) is 23.2 Å². The molecule has 130 valence electrons. The number of hydrogen-bond acceptors (Lipinski definition) is 4. The van der Waals surface area contributed by atoms with E-state index < -0.39 is 0 Å². The van der Waals surface area contributed by atoms with Crippen LogP contribution in [0.15, 0.2) is 39.7 Å². The lowest BCUT2D eigenvalue weighted by Gasteiger charge is -2.10. The van der Waals surface area contributed by atoms with Crippen molar-refractivity contribution in [3.8, 4) is 11.3 Å². The molecule has 1 aromatic heterocycles. The summed E-state index contributed by atoms with van der Waals surface area (Å²) in [4.78, 5) is 25.9. The van der Waals surface area contributed by atoms with Gasteiger partial charge >= 0.3 is 0 Å². The van der Waals surface area contributed by atoms with E-state index in [1.807, 2.05) is 6.92 Å². The van der Waals surface area contributed by atoms with Crippen molar-refractivity contribution in [1.29, 1.82) is 0 Å². The van der Waals surface area contributed by atoms with Crippen LogP contribution in [0.4, 0.5) is 4.79 Å². The number of hydrogen-bond donors (Lipinski definition) is 0. The minimum atomic E-state index is -0.272. The molecule has 7 heteroatoms. The van der Waals surface area contributed by atoms with E-state index in [2.05, 4.69) is 0 Å². The van der Waals surface area contributed by atoms with Gasteiger partial charge in [0.15, 0.2) is 0 Å². The predicted octanol–water partition coefficient (Wildman–Crippen LogP) is 6.09. The molecule has 0 atom stereocenters.